The lowest BCUT2D eigenvalue weighted by atomic mass is 9.99. The molecule has 1 nitrogen and oxygen atoms in total. The quantitative estimate of drug-likeness (QED) is 0.136. The summed E-state index contributed by atoms with van der Waals surface area (Å²) in [6.07, 6.45) is 33.7. The summed E-state index contributed by atoms with van der Waals surface area (Å²) in [5.74, 6) is 2.22. The summed E-state index contributed by atoms with van der Waals surface area (Å²) in [5, 5.41) is 0. The largest absolute Gasteiger partial charge is 0.306 e. The normalized spacial score (nSPS) is 19.3. The third-order valence-electron chi connectivity index (χ3n) is 7.98. The van der Waals surface area contributed by atoms with E-state index in [0.717, 1.165) is 17.9 Å². The van der Waals surface area contributed by atoms with Gasteiger partial charge in [0.1, 0.15) is 0 Å². The maximum absolute atomic E-state index is 2.50. The highest BCUT2D eigenvalue weighted by molar-refractivity contribution is 4.85. The van der Waals surface area contributed by atoms with Crippen LogP contribution in [0.2, 0.25) is 0 Å². The molecule has 0 heterocycles. The molecule has 1 aliphatic rings. The van der Waals surface area contributed by atoms with Crippen molar-refractivity contribution in [2.75, 3.05) is 14.1 Å². The Kier molecular flexibility index (Phi) is 19.2. The maximum Gasteiger partial charge on any atom is 0.00891 e. The summed E-state index contributed by atoms with van der Waals surface area (Å²) in [7, 11) is 4.60. The standard InChI is InChI=1S/C30H61N/c1-5-7-9-11-13-14-16-17-19-23-28-27-29(28)24-21-22-26-30(31(3)4)25-20-18-15-12-10-8-6-2/h28-30H,5-27H2,1-4H3. The maximum atomic E-state index is 2.50. The van der Waals surface area contributed by atoms with Gasteiger partial charge in [0.15, 0.2) is 0 Å². The van der Waals surface area contributed by atoms with Crippen LogP contribution in [-0.2, 0) is 0 Å². The van der Waals surface area contributed by atoms with Gasteiger partial charge >= 0.3 is 0 Å². The molecule has 3 unspecified atom stereocenters. The molecule has 0 aliphatic heterocycles. The van der Waals surface area contributed by atoms with Crippen LogP contribution in [0.3, 0.4) is 0 Å². The predicted octanol–water partition coefficient (Wildman–Crippen LogP) is 10.2. The van der Waals surface area contributed by atoms with Gasteiger partial charge in [0, 0.05) is 6.04 Å². The number of unbranched alkanes of at least 4 members (excludes halogenated alkanes) is 15. The second kappa shape index (κ2) is 20.6. The first-order valence-electron chi connectivity index (χ1n) is 14.8. The minimum Gasteiger partial charge on any atom is -0.306 e. The van der Waals surface area contributed by atoms with Gasteiger partial charge in [0.2, 0.25) is 0 Å². The van der Waals surface area contributed by atoms with Crippen LogP contribution in [0.15, 0.2) is 0 Å². The molecule has 0 amide bonds. The smallest absolute Gasteiger partial charge is 0.00891 e. The van der Waals surface area contributed by atoms with Gasteiger partial charge in [-0.2, -0.15) is 0 Å². The molecular formula is C30H61N. The summed E-state index contributed by atoms with van der Waals surface area (Å²) in [6.45, 7) is 4.62. The van der Waals surface area contributed by atoms with Crippen LogP contribution < -0.4 is 0 Å². The van der Waals surface area contributed by atoms with E-state index in [-0.39, 0.29) is 0 Å². The molecule has 0 aromatic carbocycles. The van der Waals surface area contributed by atoms with Crippen molar-refractivity contribution in [2.45, 2.75) is 168 Å². The fourth-order valence-electron chi connectivity index (χ4n) is 5.52. The zero-order chi connectivity index (χ0) is 22.6. The summed E-state index contributed by atoms with van der Waals surface area (Å²) in [6, 6.07) is 0.826. The summed E-state index contributed by atoms with van der Waals surface area (Å²) >= 11 is 0. The topological polar surface area (TPSA) is 3.24 Å². The second-order valence-electron chi connectivity index (χ2n) is 11.2. The van der Waals surface area contributed by atoms with Crippen molar-refractivity contribution >= 4 is 0 Å². The van der Waals surface area contributed by atoms with Crippen molar-refractivity contribution in [2.24, 2.45) is 11.8 Å². The number of rotatable bonds is 24. The first-order chi connectivity index (χ1) is 15.2. The third kappa shape index (κ3) is 17.1. The van der Waals surface area contributed by atoms with E-state index < -0.39 is 0 Å². The number of hydrogen-bond acceptors (Lipinski definition) is 1. The summed E-state index contributed by atoms with van der Waals surface area (Å²) in [4.78, 5) is 2.50. The van der Waals surface area contributed by atoms with E-state index in [1.54, 1.807) is 12.8 Å². The van der Waals surface area contributed by atoms with Gasteiger partial charge in [-0.15, -0.1) is 0 Å². The molecule has 1 rings (SSSR count). The SMILES string of the molecule is CCCCCCCCCCCC1CC1CCCCC(CCCCCCCCC)N(C)C. The Hall–Kier alpha value is -0.0400. The Balaban J connectivity index is 1.90. The third-order valence-corrected chi connectivity index (χ3v) is 7.98. The lowest BCUT2D eigenvalue weighted by Gasteiger charge is -2.24. The number of nitrogens with zero attached hydrogens (tertiary/aromatic N) is 1. The van der Waals surface area contributed by atoms with Gasteiger partial charge in [-0.25, -0.2) is 0 Å². The Morgan fingerprint density at radius 2 is 0.871 bits per heavy atom. The molecule has 1 saturated carbocycles. The molecule has 1 heteroatoms. The van der Waals surface area contributed by atoms with Gasteiger partial charge in [0.05, 0.1) is 0 Å². The molecule has 0 aromatic rings. The fraction of sp³-hybridized carbons (Fsp3) is 1.00. The van der Waals surface area contributed by atoms with Crippen LogP contribution in [0.25, 0.3) is 0 Å². The van der Waals surface area contributed by atoms with Crippen molar-refractivity contribution < 1.29 is 0 Å². The van der Waals surface area contributed by atoms with Crippen molar-refractivity contribution in [3.05, 3.63) is 0 Å². The Bertz CT molecular complexity index is 363. The van der Waals surface area contributed by atoms with Gasteiger partial charge in [-0.3, -0.25) is 0 Å². The molecule has 31 heavy (non-hydrogen) atoms. The van der Waals surface area contributed by atoms with Gasteiger partial charge in [0.25, 0.3) is 0 Å². The van der Waals surface area contributed by atoms with Crippen molar-refractivity contribution in [3.63, 3.8) is 0 Å². The van der Waals surface area contributed by atoms with Crippen molar-refractivity contribution in [1.82, 2.24) is 4.90 Å². The van der Waals surface area contributed by atoms with E-state index >= 15 is 0 Å². The molecule has 0 radical (unpaired) electrons. The van der Waals surface area contributed by atoms with E-state index in [4.69, 9.17) is 0 Å². The Morgan fingerprint density at radius 1 is 0.516 bits per heavy atom. The number of hydrogen-bond donors (Lipinski definition) is 0. The second-order valence-corrected chi connectivity index (χ2v) is 11.2. The van der Waals surface area contributed by atoms with E-state index in [0.29, 0.717) is 0 Å². The van der Waals surface area contributed by atoms with Crippen molar-refractivity contribution in [1.29, 1.82) is 0 Å². The van der Waals surface area contributed by atoms with Crippen LogP contribution in [0.1, 0.15) is 162 Å². The Morgan fingerprint density at radius 3 is 1.32 bits per heavy atom. The first kappa shape index (κ1) is 29.0. The lowest BCUT2D eigenvalue weighted by molar-refractivity contribution is 0.251. The highest BCUT2D eigenvalue weighted by Crippen LogP contribution is 2.45. The minimum absolute atomic E-state index is 0.826. The molecule has 0 aromatic heterocycles. The molecular weight excluding hydrogens is 374 g/mol. The van der Waals surface area contributed by atoms with Gasteiger partial charge in [-0.1, -0.05) is 142 Å². The van der Waals surface area contributed by atoms with E-state index in [1.165, 1.54) is 135 Å². The first-order valence-corrected chi connectivity index (χ1v) is 14.8. The van der Waals surface area contributed by atoms with Crippen LogP contribution in [-0.4, -0.2) is 25.0 Å². The van der Waals surface area contributed by atoms with E-state index in [9.17, 15) is 0 Å². The fourth-order valence-corrected chi connectivity index (χ4v) is 5.52. The predicted molar refractivity (Wildman–Crippen MR) is 142 cm³/mol. The lowest BCUT2D eigenvalue weighted by Crippen LogP contribution is -2.27. The van der Waals surface area contributed by atoms with Crippen LogP contribution >= 0.6 is 0 Å². The highest BCUT2D eigenvalue weighted by Gasteiger charge is 2.35. The molecule has 186 valence electrons. The summed E-state index contributed by atoms with van der Waals surface area (Å²) < 4.78 is 0. The molecule has 0 spiro atoms. The monoisotopic (exact) mass is 435 g/mol. The average Bonchev–Trinajstić information content (AvgIpc) is 3.51. The Labute approximate surface area is 198 Å². The molecule has 3 atom stereocenters. The van der Waals surface area contributed by atoms with Gasteiger partial charge in [-0.05, 0) is 45.2 Å². The zero-order valence-electron chi connectivity index (χ0n) is 22.4. The van der Waals surface area contributed by atoms with Gasteiger partial charge < -0.3 is 4.90 Å². The van der Waals surface area contributed by atoms with Crippen LogP contribution in [0, 0.1) is 11.8 Å². The molecule has 1 fully saturated rings. The van der Waals surface area contributed by atoms with Crippen molar-refractivity contribution in [3.8, 4) is 0 Å². The average molecular weight is 436 g/mol. The van der Waals surface area contributed by atoms with E-state index in [2.05, 4.69) is 32.8 Å². The molecule has 0 bridgehead atoms. The molecule has 0 N–H and O–H groups in total. The summed E-state index contributed by atoms with van der Waals surface area (Å²) in [5.41, 5.74) is 0. The highest BCUT2D eigenvalue weighted by atomic mass is 15.1. The molecule has 0 saturated heterocycles. The van der Waals surface area contributed by atoms with Crippen LogP contribution in [0.4, 0.5) is 0 Å². The van der Waals surface area contributed by atoms with E-state index in [1.807, 2.05) is 0 Å². The zero-order valence-corrected chi connectivity index (χ0v) is 22.4. The van der Waals surface area contributed by atoms with Crippen LogP contribution in [0.5, 0.6) is 0 Å². The minimum atomic E-state index is 0.826. The molecule has 1 aliphatic carbocycles.